The van der Waals surface area contributed by atoms with Crippen LogP contribution in [0.5, 0.6) is 0 Å². The summed E-state index contributed by atoms with van der Waals surface area (Å²) < 4.78 is 59.7. The highest BCUT2D eigenvalue weighted by Crippen LogP contribution is 2.57. The number of carbonyl (C=O) groups excluding carboxylic acids is 2. The molecule has 414 valence electrons. The van der Waals surface area contributed by atoms with E-state index in [-0.39, 0.29) is 37.0 Å². The second-order valence-corrected chi connectivity index (χ2v) is 26.0. The number of aliphatic imine (C=N–C) groups is 2. The Balaban J connectivity index is 0. The Hall–Kier alpha value is -0.200. The maximum Gasteiger partial charge on any atom is 0.322 e. The smallest absolute Gasteiger partial charge is 0.322 e. The number of nitrogens with zero attached hydrogens (tertiary/aromatic N) is 5. The summed E-state index contributed by atoms with van der Waals surface area (Å²) in [4.78, 5) is 35.7. The fourth-order valence-electron chi connectivity index (χ4n) is 7.66. The van der Waals surface area contributed by atoms with Crippen molar-refractivity contribution >= 4 is 84.8 Å². The van der Waals surface area contributed by atoms with Gasteiger partial charge >= 0.3 is 17.1 Å². The molecule has 2 N–H and O–H groups in total. The number of amides is 2. The number of likely N-dealkylation sites (tertiary alicyclic amines) is 1. The summed E-state index contributed by atoms with van der Waals surface area (Å²) in [5, 5.41) is 7.00. The van der Waals surface area contributed by atoms with E-state index in [0.29, 0.717) is 32.4 Å². The third kappa shape index (κ3) is 27.5. The zero-order valence-corrected chi connectivity index (χ0v) is 51.1. The first-order valence-corrected chi connectivity index (χ1v) is 32.6. The van der Waals surface area contributed by atoms with Crippen molar-refractivity contribution in [3.63, 3.8) is 0 Å². The van der Waals surface area contributed by atoms with Gasteiger partial charge in [0.15, 0.2) is 12.8 Å². The molecule has 0 spiro atoms. The Labute approximate surface area is 452 Å². The molecule has 14 nitrogen and oxygen atoms in total. The number of ether oxygens (including phenoxy) is 1. The van der Waals surface area contributed by atoms with Gasteiger partial charge in [0, 0.05) is 77.2 Å². The molecule has 3 rings (SSSR count). The number of imide groups is 1. The quantitative estimate of drug-likeness (QED) is 0.0118. The van der Waals surface area contributed by atoms with Crippen LogP contribution in [0.3, 0.4) is 0 Å². The Bertz CT molecular complexity index is 1420. The standard InChI is InChI=1S/C21H34N3O5P.C20H43N2O2PS2.C7H16S2.2CH4O/c1-8-22-13-28-30(24(14(2)3)15(4)5)27-12-11-23-18(25)16-17(19(23)26)21(7)10-9-20(16,6)29-21;1-7-9-13-16-26-27-17-14-11-10-12-15-23-25(24-18-21-8-2)22(19(3)4)20(5)6;1-3-5-7-9-8-6-4-2;2*1-2/h9-10,13-17H,8,11-12H2,1-7H3;18-20H,7-17H2,1-6H3;3-7H2,1-2H3;2*2H,1H3/t16-,17+,20?,21?,30?;;;;/i;1D;2D;2*2T. The van der Waals surface area contributed by atoms with E-state index in [1.54, 1.807) is 6.40 Å². The largest absolute Gasteiger partial charge is 0.425 e. The van der Waals surface area contributed by atoms with Crippen molar-refractivity contribution in [2.24, 2.45) is 21.8 Å². The number of carbonyl (C=O) groups is 2. The van der Waals surface area contributed by atoms with E-state index in [9.17, 15) is 9.59 Å². The number of unbranched alkanes of at least 4 members (excludes halogenated alkanes) is 6. The highest BCUT2D eigenvalue weighted by Gasteiger charge is 2.70. The van der Waals surface area contributed by atoms with E-state index in [1.165, 1.54) is 87.7 Å². The molecule has 2 saturated heterocycles. The SMILES string of the molecule is CCN=COP(OCCN1C(=O)[C@@H]2[C@H](C1=O)C1(C)C=CC2(C)O1)N(C(C)C)C(C)C.[2H]CCCCCSSCCCCCCOP(OC=NCC)N(C(C)C)C(C)C.[2H]CCCSSCCCC.[3H]OC.[3H]OC. The number of hydrogen-bond acceptors (Lipinski definition) is 17. The van der Waals surface area contributed by atoms with Crippen LogP contribution in [0.1, 0.15) is 171 Å². The molecule has 2 amide bonds. The molecule has 0 aliphatic carbocycles. The van der Waals surface area contributed by atoms with E-state index in [1.807, 2.05) is 83.0 Å². The van der Waals surface area contributed by atoms with Crippen LogP contribution in [0.25, 0.3) is 0 Å². The highest BCUT2D eigenvalue weighted by molar-refractivity contribution is 8.77. The Morgan fingerprint density at radius 3 is 1.53 bits per heavy atom. The molecule has 0 aromatic heterocycles. The number of aliphatic hydroxyl groups is 2. The summed E-state index contributed by atoms with van der Waals surface area (Å²) in [6, 6.07) is 1.17. The van der Waals surface area contributed by atoms with Crippen molar-refractivity contribution in [2.45, 2.75) is 203 Å². The first-order valence-electron chi connectivity index (χ1n) is 27.6. The fourth-order valence-corrected chi connectivity index (χ4v) is 15.1. The molecule has 0 saturated carbocycles. The monoisotopic (exact) mass is 1110 g/mol. The number of hydrogen-bond donors (Lipinski definition) is 2. The second-order valence-electron chi connectivity index (χ2n) is 17.8. The molecule has 20 heteroatoms. The minimum atomic E-state index is -1.40. The summed E-state index contributed by atoms with van der Waals surface area (Å²) in [5.41, 5.74) is -1.42. The molecule has 70 heavy (non-hydrogen) atoms. The van der Waals surface area contributed by atoms with Crippen molar-refractivity contribution in [2.75, 3.05) is 70.1 Å². The van der Waals surface area contributed by atoms with Gasteiger partial charge in [0.1, 0.15) is 0 Å². The van der Waals surface area contributed by atoms with Crippen LogP contribution >= 0.6 is 60.2 Å². The van der Waals surface area contributed by atoms with Crippen LogP contribution in [0.4, 0.5) is 0 Å². The first kappa shape index (κ1) is 64.1. The normalized spacial score (nSPS) is 21.8. The third-order valence-electron chi connectivity index (χ3n) is 10.6. The van der Waals surface area contributed by atoms with Crippen LogP contribution in [0.15, 0.2) is 22.1 Å². The molecule has 3 aliphatic rings. The predicted molar refractivity (Wildman–Crippen MR) is 310 cm³/mol. The van der Waals surface area contributed by atoms with Gasteiger partial charge in [-0.3, -0.25) is 24.5 Å². The van der Waals surface area contributed by atoms with Crippen LogP contribution in [0, 0.1) is 11.8 Å². The minimum absolute atomic E-state index is 0.174. The second kappa shape index (κ2) is 44.0. The first-order chi connectivity index (χ1) is 35.3. The van der Waals surface area contributed by atoms with Crippen LogP contribution in [0.2, 0.25) is 0 Å². The molecule has 6 atom stereocenters. The van der Waals surface area contributed by atoms with Crippen LogP contribution in [-0.4, -0.2) is 157 Å². The van der Waals surface area contributed by atoms with Gasteiger partial charge < -0.3 is 33.0 Å². The Kier molecular flexibility index (Phi) is 40.3. The van der Waals surface area contributed by atoms with Gasteiger partial charge in [0.25, 0.3) is 0 Å². The van der Waals surface area contributed by atoms with Crippen molar-refractivity contribution in [1.29, 1.82) is 2.86 Å². The summed E-state index contributed by atoms with van der Waals surface area (Å²) in [6.45, 7) is 30.7. The molecular weight excluding hydrogens is 1000 g/mol. The molecule has 0 aromatic rings. The lowest BCUT2D eigenvalue weighted by Gasteiger charge is -2.34. The lowest BCUT2D eigenvalue weighted by molar-refractivity contribution is -0.146. The van der Waals surface area contributed by atoms with Gasteiger partial charge in [-0.25, -0.2) is 9.34 Å². The predicted octanol–water partition coefficient (Wildman–Crippen LogP) is 13.5. The molecule has 2 fully saturated rings. The highest BCUT2D eigenvalue weighted by atomic mass is 33.1. The minimum Gasteiger partial charge on any atom is -0.425 e. The average molecular weight is 1110 g/mol. The van der Waals surface area contributed by atoms with E-state index in [4.69, 9.17) is 28.4 Å². The van der Waals surface area contributed by atoms with Gasteiger partial charge in [-0.2, -0.15) is 0 Å². The van der Waals surface area contributed by atoms with E-state index >= 15 is 0 Å². The molecular formula is C50H101N5O9P2S4. The number of aliphatic hydroxyl groups excluding tert-OH is 2. The number of rotatable bonds is 35. The Morgan fingerprint density at radius 1 is 0.686 bits per heavy atom. The van der Waals surface area contributed by atoms with Crippen molar-refractivity contribution < 1.29 is 45.4 Å². The maximum atomic E-state index is 13.0. The molecule has 3 aliphatic heterocycles. The van der Waals surface area contributed by atoms with Crippen LogP contribution in [-0.2, 0) is 32.4 Å². The van der Waals surface area contributed by atoms with E-state index in [2.05, 4.69) is 91.9 Å². The molecule has 3 heterocycles. The lowest BCUT2D eigenvalue weighted by atomic mass is 9.73. The third-order valence-corrected chi connectivity index (χ3v) is 19.8. The van der Waals surface area contributed by atoms with Crippen molar-refractivity contribution in [1.82, 2.24) is 14.2 Å². The molecule has 2 bridgehead atoms. The maximum absolute atomic E-state index is 13.0. The zero-order chi connectivity index (χ0) is 56.4. The van der Waals surface area contributed by atoms with Crippen molar-refractivity contribution in [3.05, 3.63) is 12.2 Å². The van der Waals surface area contributed by atoms with Gasteiger partial charge in [0.05, 0.1) is 42.8 Å². The average Bonchev–Trinajstić information content (AvgIpc) is 3.90. The summed E-state index contributed by atoms with van der Waals surface area (Å²) in [6.07, 6.45) is 18.9. The molecule has 0 aromatic carbocycles. The summed E-state index contributed by atoms with van der Waals surface area (Å²) in [5.74, 6) is 3.62. The fraction of sp³-hybridized carbons (Fsp3) is 0.880. The topological polar surface area (TPSA) is 155 Å². The number of fused-ring (bicyclic) bond motifs is 5. The summed E-state index contributed by atoms with van der Waals surface area (Å²) >= 11 is 0. The van der Waals surface area contributed by atoms with Crippen molar-refractivity contribution in [3.8, 4) is 0 Å². The van der Waals surface area contributed by atoms with Gasteiger partial charge in [0.2, 0.25) is 14.7 Å². The Morgan fingerprint density at radius 2 is 1.10 bits per heavy atom. The molecule has 4 unspecified atom stereocenters. The van der Waals surface area contributed by atoms with E-state index in [0.717, 1.165) is 38.2 Å². The van der Waals surface area contributed by atoms with Gasteiger partial charge in [-0.1, -0.05) is 108 Å². The zero-order valence-electron chi connectivity index (χ0n) is 50.1. The van der Waals surface area contributed by atoms with Gasteiger partial charge in [-0.05, 0) is 115 Å². The lowest BCUT2D eigenvalue weighted by Crippen LogP contribution is -2.41. The molecule has 0 radical (unpaired) electrons. The van der Waals surface area contributed by atoms with Gasteiger partial charge in [-0.15, -0.1) is 0 Å². The van der Waals surface area contributed by atoms with E-state index < -0.39 is 40.1 Å². The van der Waals surface area contributed by atoms with Crippen LogP contribution < -0.4 is 0 Å². The summed E-state index contributed by atoms with van der Waals surface area (Å²) in [7, 11) is 7.95.